The molecule has 0 saturated heterocycles. The Labute approximate surface area is 144 Å². The van der Waals surface area contributed by atoms with Crippen LogP contribution in [-0.2, 0) is 11.3 Å². The molecule has 3 rings (SSSR count). The third kappa shape index (κ3) is 3.69. The normalized spacial score (nSPS) is 12.3. The molecule has 0 bridgehead atoms. The van der Waals surface area contributed by atoms with Crippen LogP contribution in [0.2, 0.25) is 0 Å². The molecule has 124 valence electrons. The summed E-state index contributed by atoms with van der Waals surface area (Å²) in [5.74, 6) is 0.820. The minimum absolute atomic E-state index is 0.109. The number of hydrogen-bond donors (Lipinski definition) is 1. The van der Waals surface area contributed by atoms with E-state index in [1.54, 1.807) is 11.3 Å². The molecule has 2 aromatic heterocycles. The van der Waals surface area contributed by atoms with Gasteiger partial charge in [0.05, 0.1) is 11.4 Å². The summed E-state index contributed by atoms with van der Waals surface area (Å²) in [7, 11) is 3.75. The van der Waals surface area contributed by atoms with Crippen LogP contribution in [-0.4, -0.2) is 35.0 Å². The van der Waals surface area contributed by atoms with Gasteiger partial charge in [0.25, 0.3) is 0 Å². The average Bonchev–Trinajstić information content (AvgIpc) is 3.25. The van der Waals surface area contributed by atoms with E-state index in [1.807, 2.05) is 66.8 Å². The summed E-state index contributed by atoms with van der Waals surface area (Å²) >= 11 is 1.54. The van der Waals surface area contributed by atoms with E-state index in [9.17, 15) is 4.79 Å². The lowest BCUT2D eigenvalue weighted by atomic mass is 10.1. The molecule has 1 amide bonds. The summed E-state index contributed by atoms with van der Waals surface area (Å²) in [5.41, 5.74) is 0.935. The molecule has 0 saturated carbocycles. The van der Waals surface area contributed by atoms with Gasteiger partial charge in [-0.05, 0) is 31.1 Å². The van der Waals surface area contributed by atoms with E-state index in [4.69, 9.17) is 4.52 Å². The van der Waals surface area contributed by atoms with Crippen LogP contribution >= 0.6 is 11.3 Å². The van der Waals surface area contributed by atoms with E-state index >= 15 is 0 Å². The van der Waals surface area contributed by atoms with E-state index in [-0.39, 0.29) is 18.5 Å². The predicted molar refractivity (Wildman–Crippen MR) is 92.3 cm³/mol. The quantitative estimate of drug-likeness (QED) is 0.746. The van der Waals surface area contributed by atoms with Crippen molar-refractivity contribution in [2.24, 2.45) is 0 Å². The topological polar surface area (TPSA) is 71.3 Å². The fraction of sp³-hybridized carbons (Fsp3) is 0.235. The third-order valence-electron chi connectivity index (χ3n) is 3.50. The zero-order chi connectivity index (χ0) is 16.9. The molecule has 1 unspecified atom stereocenters. The number of carbonyl (C=O) groups excluding carboxylic acids is 1. The Bertz CT molecular complexity index is 784. The molecule has 2 heterocycles. The van der Waals surface area contributed by atoms with Crippen LogP contribution in [0.1, 0.15) is 17.5 Å². The van der Waals surface area contributed by atoms with Gasteiger partial charge in [-0.2, -0.15) is 4.98 Å². The first kappa shape index (κ1) is 16.4. The number of amides is 1. The van der Waals surface area contributed by atoms with Gasteiger partial charge in [0, 0.05) is 0 Å². The summed E-state index contributed by atoms with van der Waals surface area (Å²) in [6, 6.07) is 13.1. The van der Waals surface area contributed by atoms with Gasteiger partial charge in [-0.3, -0.25) is 9.69 Å². The Morgan fingerprint density at radius 1 is 1.25 bits per heavy atom. The second kappa shape index (κ2) is 7.37. The molecule has 0 radical (unpaired) electrons. The van der Waals surface area contributed by atoms with Crippen molar-refractivity contribution in [2.45, 2.75) is 12.6 Å². The predicted octanol–water partition coefficient (Wildman–Crippen LogP) is 2.72. The number of likely N-dealkylation sites (N-methyl/N-ethyl adjacent to an activating group) is 1. The number of hydrogen-bond acceptors (Lipinski definition) is 6. The molecule has 1 N–H and O–H groups in total. The molecule has 0 spiro atoms. The van der Waals surface area contributed by atoms with Crippen molar-refractivity contribution >= 4 is 17.2 Å². The van der Waals surface area contributed by atoms with Gasteiger partial charge in [-0.1, -0.05) is 41.6 Å². The number of nitrogens with zero attached hydrogens (tertiary/aromatic N) is 3. The number of carbonyl (C=O) groups is 1. The maximum Gasteiger partial charge on any atom is 0.246 e. The fourth-order valence-electron chi connectivity index (χ4n) is 2.41. The van der Waals surface area contributed by atoms with E-state index < -0.39 is 0 Å². The monoisotopic (exact) mass is 342 g/mol. The van der Waals surface area contributed by atoms with Crippen molar-refractivity contribution in [3.05, 3.63) is 59.3 Å². The second-order valence-corrected chi connectivity index (χ2v) is 6.43. The highest BCUT2D eigenvalue weighted by Crippen LogP contribution is 2.21. The minimum atomic E-state index is -0.370. The van der Waals surface area contributed by atoms with Gasteiger partial charge in [0.15, 0.2) is 0 Å². The summed E-state index contributed by atoms with van der Waals surface area (Å²) < 4.78 is 5.20. The van der Waals surface area contributed by atoms with E-state index in [2.05, 4.69) is 15.5 Å². The number of thiophene rings is 1. The first-order valence-corrected chi connectivity index (χ1v) is 8.38. The summed E-state index contributed by atoms with van der Waals surface area (Å²) in [6.45, 7) is 0.203. The van der Waals surface area contributed by atoms with Gasteiger partial charge in [-0.15, -0.1) is 11.3 Å². The SMILES string of the molecule is CN(C)C(C(=O)NCc1nc(-c2cccs2)no1)c1ccccc1. The van der Waals surface area contributed by atoms with Gasteiger partial charge in [0.2, 0.25) is 17.6 Å². The Balaban J connectivity index is 1.66. The standard InChI is InChI=1S/C17H18N4O2S/c1-21(2)15(12-7-4-3-5-8-12)17(22)18-11-14-19-16(20-23-14)13-9-6-10-24-13/h3-10,15H,11H2,1-2H3,(H,18,22). The van der Waals surface area contributed by atoms with E-state index in [1.165, 1.54) is 0 Å². The lowest BCUT2D eigenvalue weighted by molar-refractivity contribution is -0.126. The Morgan fingerprint density at radius 3 is 2.71 bits per heavy atom. The van der Waals surface area contributed by atoms with Crippen molar-refractivity contribution in [3.8, 4) is 10.7 Å². The average molecular weight is 342 g/mol. The van der Waals surface area contributed by atoms with Crippen LogP contribution in [0.25, 0.3) is 10.7 Å². The van der Waals surface area contributed by atoms with Crippen LogP contribution in [0.15, 0.2) is 52.4 Å². The van der Waals surface area contributed by atoms with E-state index in [0.29, 0.717) is 11.7 Å². The highest BCUT2D eigenvalue weighted by atomic mass is 32.1. The molecule has 3 aromatic rings. The number of nitrogens with one attached hydrogen (secondary N) is 1. The van der Waals surface area contributed by atoms with Crippen molar-refractivity contribution in [1.29, 1.82) is 0 Å². The van der Waals surface area contributed by atoms with Crippen molar-refractivity contribution in [1.82, 2.24) is 20.4 Å². The van der Waals surface area contributed by atoms with Crippen LogP contribution < -0.4 is 5.32 Å². The Kier molecular flexibility index (Phi) is 5.02. The highest BCUT2D eigenvalue weighted by molar-refractivity contribution is 7.13. The van der Waals surface area contributed by atoms with Gasteiger partial charge in [-0.25, -0.2) is 0 Å². The summed E-state index contributed by atoms with van der Waals surface area (Å²) in [6.07, 6.45) is 0. The zero-order valence-electron chi connectivity index (χ0n) is 13.5. The van der Waals surface area contributed by atoms with Crippen molar-refractivity contribution in [2.75, 3.05) is 14.1 Å². The van der Waals surface area contributed by atoms with Crippen LogP contribution in [0.3, 0.4) is 0 Å². The molecule has 0 aliphatic carbocycles. The van der Waals surface area contributed by atoms with Crippen LogP contribution in [0.5, 0.6) is 0 Å². The molecule has 7 heteroatoms. The summed E-state index contributed by atoms with van der Waals surface area (Å²) in [5, 5.41) is 8.75. The minimum Gasteiger partial charge on any atom is -0.345 e. The lowest BCUT2D eigenvalue weighted by Crippen LogP contribution is -2.36. The van der Waals surface area contributed by atoms with E-state index in [0.717, 1.165) is 10.4 Å². The smallest absolute Gasteiger partial charge is 0.246 e. The summed E-state index contributed by atoms with van der Waals surface area (Å²) in [4.78, 5) is 19.7. The van der Waals surface area contributed by atoms with Gasteiger partial charge >= 0.3 is 0 Å². The Hall–Kier alpha value is -2.51. The molecular weight excluding hydrogens is 324 g/mol. The molecule has 6 nitrogen and oxygen atoms in total. The molecule has 0 fully saturated rings. The first-order valence-electron chi connectivity index (χ1n) is 7.50. The third-order valence-corrected chi connectivity index (χ3v) is 4.37. The molecule has 1 aromatic carbocycles. The zero-order valence-corrected chi connectivity index (χ0v) is 14.3. The molecule has 1 atom stereocenters. The largest absolute Gasteiger partial charge is 0.345 e. The lowest BCUT2D eigenvalue weighted by Gasteiger charge is -2.23. The van der Waals surface area contributed by atoms with Crippen LogP contribution in [0.4, 0.5) is 0 Å². The second-order valence-electron chi connectivity index (χ2n) is 5.48. The van der Waals surface area contributed by atoms with Gasteiger partial charge < -0.3 is 9.84 Å². The highest BCUT2D eigenvalue weighted by Gasteiger charge is 2.23. The van der Waals surface area contributed by atoms with Crippen molar-refractivity contribution in [3.63, 3.8) is 0 Å². The number of benzene rings is 1. The molecule has 24 heavy (non-hydrogen) atoms. The number of rotatable bonds is 6. The maximum absolute atomic E-state index is 12.6. The fourth-order valence-corrected chi connectivity index (χ4v) is 3.06. The maximum atomic E-state index is 12.6. The van der Waals surface area contributed by atoms with Crippen LogP contribution in [0, 0.1) is 0 Å². The molecule has 0 aliphatic heterocycles. The van der Waals surface area contributed by atoms with Gasteiger partial charge in [0.1, 0.15) is 6.04 Å². The molecule has 0 aliphatic rings. The first-order chi connectivity index (χ1) is 11.6. The Morgan fingerprint density at radius 2 is 2.04 bits per heavy atom. The molecular formula is C17H18N4O2S. The van der Waals surface area contributed by atoms with Crippen molar-refractivity contribution < 1.29 is 9.32 Å². The number of aromatic nitrogens is 2.